The Kier molecular flexibility index (Phi) is 4.97. The molecule has 0 amide bonds. The molecule has 27 heavy (non-hydrogen) atoms. The van der Waals surface area contributed by atoms with E-state index < -0.39 is 0 Å². The number of hydrogen-bond donors (Lipinski definition) is 1. The molecule has 0 aliphatic rings. The Labute approximate surface area is 169 Å². The van der Waals surface area contributed by atoms with Crippen molar-refractivity contribution in [2.75, 3.05) is 0 Å². The quantitative estimate of drug-likeness (QED) is 0.400. The van der Waals surface area contributed by atoms with Gasteiger partial charge in [-0.3, -0.25) is 5.10 Å². The Hall–Kier alpha value is -3.01. The fraction of sp³-hybridized carbons (Fsp3) is 0. The maximum absolute atomic E-state index is 9.67. The molecule has 0 fully saturated rings. The van der Waals surface area contributed by atoms with Crippen LogP contribution in [0.2, 0.25) is 0 Å². The predicted octanol–water partition coefficient (Wildman–Crippen LogP) is 6.03. The van der Waals surface area contributed by atoms with Gasteiger partial charge in [0.15, 0.2) is 0 Å². The third-order valence-electron chi connectivity index (χ3n) is 4.03. The van der Waals surface area contributed by atoms with Gasteiger partial charge in [0.1, 0.15) is 11.1 Å². The molecule has 4 nitrogen and oxygen atoms in total. The molecule has 2 aromatic carbocycles. The number of rotatable bonds is 4. The average molecular weight is 433 g/mol. The van der Waals surface area contributed by atoms with Gasteiger partial charge in [-0.05, 0) is 18.2 Å². The van der Waals surface area contributed by atoms with E-state index in [2.05, 4.69) is 37.2 Å². The maximum atomic E-state index is 9.67. The van der Waals surface area contributed by atoms with Gasteiger partial charge in [-0.2, -0.15) is 10.4 Å². The standard InChI is InChI=1S/C21H13BrN4S/c22-18-8-6-14(7-9-18)19-13-27-21(25-19)16(11-23)10-17-12-24-26-20(17)15-4-2-1-3-5-15/h1-10,12-13H,(H,24,26). The number of nitriles is 1. The molecule has 0 bridgehead atoms. The first-order valence-electron chi connectivity index (χ1n) is 8.17. The fourth-order valence-electron chi connectivity index (χ4n) is 2.69. The zero-order valence-electron chi connectivity index (χ0n) is 14.1. The molecule has 2 aromatic heterocycles. The van der Waals surface area contributed by atoms with E-state index >= 15 is 0 Å². The molecule has 0 radical (unpaired) electrons. The van der Waals surface area contributed by atoms with Crippen molar-refractivity contribution in [1.82, 2.24) is 15.2 Å². The van der Waals surface area contributed by atoms with Crippen molar-refractivity contribution < 1.29 is 0 Å². The molecule has 6 heteroatoms. The van der Waals surface area contributed by atoms with Crippen molar-refractivity contribution in [3.63, 3.8) is 0 Å². The molecule has 0 atom stereocenters. The number of hydrogen-bond acceptors (Lipinski definition) is 4. The number of aromatic amines is 1. The van der Waals surface area contributed by atoms with Crippen molar-refractivity contribution >= 4 is 38.9 Å². The number of aromatic nitrogens is 3. The van der Waals surface area contributed by atoms with Crippen LogP contribution in [-0.2, 0) is 0 Å². The minimum atomic E-state index is 0.516. The molecule has 0 saturated heterocycles. The summed E-state index contributed by atoms with van der Waals surface area (Å²) in [7, 11) is 0. The molecule has 2 heterocycles. The van der Waals surface area contributed by atoms with Crippen LogP contribution in [0.3, 0.4) is 0 Å². The lowest BCUT2D eigenvalue weighted by atomic mass is 10.1. The van der Waals surface area contributed by atoms with Crippen LogP contribution in [0.1, 0.15) is 10.6 Å². The Bertz CT molecular complexity index is 1130. The number of H-pyrrole nitrogens is 1. The topological polar surface area (TPSA) is 65.4 Å². The highest BCUT2D eigenvalue weighted by molar-refractivity contribution is 9.10. The van der Waals surface area contributed by atoms with Gasteiger partial charge in [-0.15, -0.1) is 11.3 Å². The van der Waals surface area contributed by atoms with Gasteiger partial charge in [0.2, 0.25) is 0 Å². The molecule has 0 aliphatic carbocycles. The maximum Gasteiger partial charge on any atom is 0.134 e. The van der Waals surface area contributed by atoms with Gasteiger partial charge in [0.25, 0.3) is 0 Å². The van der Waals surface area contributed by atoms with Crippen molar-refractivity contribution in [3.8, 4) is 28.6 Å². The first-order chi connectivity index (χ1) is 13.2. The fourth-order valence-corrected chi connectivity index (χ4v) is 3.75. The highest BCUT2D eigenvalue weighted by Crippen LogP contribution is 2.30. The van der Waals surface area contributed by atoms with Crippen LogP contribution in [0.15, 0.2) is 70.6 Å². The number of allylic oxidation sites excluding steroid dienone is 1. The van der Waals surface area contributed by atoms with Crippen LogP contribution in [0, 0.1) is 11.3 Å². The van der Waals surface area contributed by atoms with E-state index in [1.807, 2.05) is 66.1 Å². The summed E-state index contributed by atoms with van der Waals surface area (Å²) >= 11 is 4.90. The highest BCUT2D eigenvalue weighted by Gasteiger charge is 2.12. The number of halogens is 1. The SMILES string of the molecule is N#CC(=Cc1cn[nH]c1-c1ccccc1)c1nc(-c2ccc(Br)cc2)cs1. The van der Waals surface area contributed by atoms with Crippen LogP contribution in [0.5, 0.6) is 0 Å². The third kappa shape index (κ3) is 3.75. The molecule has 0 aliphatic heterocycles. The minimum absolute atomic E-state index is 0.516. The summed E-state index contributed by atoms with van der Waals surface area (Å²) in [6, 6.07) is 20.2. The predicted molar refractivity (Wildman–Crippen MR) is 113 cm³/mol. The normalized spacial score (nSPS) is 11.3. The van der Waals surface area contributed by atoms with Gasteiger partial charge < -0.3 is 0 Å². The Morgan fingerprint density at radius 1 is 1.07 bits per heavy atom. The van der Waals surface area contributed by atoms with Gasteiger partial charge in [0.05, 0.1) is 23.2 Å². The molecule has 0 unspecified atom stereocenters. The van der Waals surface area contributed by atoms with Crippen molar-refractivity contribution in [2.45, 2.75) is 0 Å². The van der Waals surface area contributed by atoms with E-state index in [-0.39, 0.29) is 0 Å². The minimum Gasteiger partial charge on any atom is -0.277 e. The largest absolute Gasteiger partial charge is 0.277 e. The summed E-state index contributed by atoms with van der Waals surface area (Å²) in [6.07, 6.45) is 3.55. The lowest BCUT2D eigenvalue weighted by Gasteiger charge is -2.00. The summed E-state index contributed by atoms with van der Waals surface area (Å²) in [5, 5.41) is 19.5. The average Bonchev–Trinajstić information content (AvgIpc) is 3.37. The van der Waals surface area contributed by atoms with Crippen LogP contribution >= 0.6 is 27.3 Å². The summed E-state index contributed by atoms with van der Waals surface area (Å²) in [5.41, 5.74) is 5.16. The van der Waals surface area contributed by atoms with Gasteiger partial charge in [-0.1, -0.05) is 58.4 Å². The number of benzene rings is 2. The van der Waals surface area contributed by atoms with E-state index in [4.69, 9.17) is 0 Å². The molecule has 0 spiro atoms. The molecular weight excluding hydrogens is 420 g/mol. The summed E-state index contributed by atoms with van der Waals surface area (Å²) in [6.45, 7) is 0. The van der Waals surface area contributed by atoms with Crippen LogP contribution in [0.25, 0.3) is 34.2 Å². The Balaban J connectivity index is 1.69. The van der Waals surface area contributed by atoms with Crippen molar-refractivity contribution in [1.29, 1.82) is 5.26 Å². The second-order valence-electron chi connectivity index (χ2n) is 5.78. The van der Waals surface area contributed by atoms with E-state index in [9.17, 15) is 5.26 Å². The Morgan fingerprint density at radius 2 is 1.85 bits per heavy atom. The molecular formula is C21H13BrN4S. The molecule has 1 N–H and O–H groups in total. The first-order valence-corrected chi connectivity index (χ1v) is 9.84. The van der Waals surface area contributed by atoms with Crippen LogP contribution < -0.4 is 0 Å². The smallest absolute Gasteiger partial charge is 0.134 e. The Morgan fingerprint density at radius 3 is 2.59 bits per heavy atom. The van der Waals surface area contributed by atoms with Gasteiger partial charge in [0, 0.05) is 26.5 Å². The van der Waals surface area contributed by atoms with Crippen LogP contribution in [0.4, 0.5) is 0 Å². The summed E-state index contributed by atoms with van der Waals surface area (Å²) < 4.78 is 1.02. The van der Waals surface area contributed by atoms with Crippen LogP contribution in [-0.4, -0.2) is 15.2 Å². The number of thiazole rings is 1. The zero-order valence-corrected chi connectivity index (χ0v) is 16.5. The highest BCUT2D eigenvalue weighted by atomic mass is 79.9. The number of nitrogens with one attached hydrogen (secondary N) is 1. The third-order valence-corrected chi connectivity index (χ3v) is 5.43. The lowest BCUT2D eigenvalue weighted by Crippen LogP contribution is -1.84. The lowest BCUT2D eigenvalue weighted by molar-refractivity contribution is 1.10. The molecule has 4 rings (SSSR count). The van der Waals surface area contributed by atoms with E-state index in [1.54, 1.807) is 6.20 Å². The van der Waals surface area contributed by atoms with Gasteiger partial charge in [-0.25, -0.2) is 4.98 Å². The second-order valence-corrected chi connectivity index (χ2v) is 7.55. The second kappa shape index (κ2) is 7.70. The first kappa shape index (κ1) is 17.4. The molecule has 130 valence electrons. The van der Waals surface area contributed by atoms with Gasteiger partial charge >= 0.3 is 0 Å². The van der Waals surface area contributed by atoms with Crippen molar-refractivity contribution in [3.05, 3.63) is 81.2 Å². The van der Waals surface area contributed by atoms with E-state index in [0.29, 0.717) is 10.6 Å². The summed E-state index contributed by atoms with van der Waals surface area (Å²) in [4.78, 5) is 4.65. The monoisotopic (exact) mass is 432 g/mol. The molecule has 4 aromatic rings. The molecule has 0 saturated carbocycles. The van der Waals surface area contributed by atoms with Crippen molar-refractivity contribution in [2.24, 2.45) is 0 Å². The number of nitrogens with zero attached hydrogens (tertiary/aromatic N) is 3. The van der Waals surface area contributed by atoms with E-state index in [1.165, 1.54) is 11.3 Å². The summed E-state index contributed by atoms with van der Waals surface area (Å²) in [5.74, 6) is 0. The zero-order chi connectivity index (χ0) is 18.6. The van der Waals surface area contributed by atoms with E-state index in [0.717, 1.165) is 32.6 Å².